The Bertz CT molecular complexity index is 988. The van der Waals surface area contributed by atoms with E-state index in [1.54, 1.807) is 25.4 Å². The molecule has 1 fully saturated rings. The molecule has 0 radical (unpaired) electrons. The molecule has 0 saturated carbocycles. The third kappa shape index (κ3) is 2.82. The second kappa shape index (κ2) is 6.80. The summed E-state index contributed by atoms with van der Waals surface area (Å²) >= 11 is 0. The highest BCUT2D eigenvalue weighted by molar-refractivity contribution is 5.77. The minimum absolute atomic E-state index is 0.114. The van der Waals surface area contributed by atoms with Crippen LogP contribution in [0.5, 0.6) is 5.88 Å². The van der Waals surface area contributed by atoms with Crippen molar-refractivity contribution in [3.05, 3.63) is 34.2 Å². The average molecular weight is 355 g/mol. The Morgan fingerprint density at radius 1 is 1.35 bits per heavy atom. The van der Waals surface area contributed by atoms with Crippen LogP contribution in [0.15, 0.2) is 27.5 Å². The van der Waals surface area contributed by atoms with Crippen LogP contribution in [0.1, 0.15) is 12.6 Å². The third-order valence-corrected chi connectivity index (χ3v) is 4.58. The van der Waals surface area contributed by atoms with Gasteiger partial charge >= 0.3 is 0 Å². The normalized spacial score (nSPS) is 14.8. The van der Waals surface area contributed by atoms with Gasteiger partial charge in [-0.25, -0.2) is 4.98 Å². The van der Waals surface area contributed by atoms with Crippen molar-refractivity contribution < 1.29 is 9.15 Å². The number of anilines is 1. The Morgan fingerprint density at radius 2 is 2.15 bits per heavy atom. The first-order chi connectivity index (χ1) is 12.7. The molecule has 0 unspecified atom stereocenters. The number of H-pyrrole nitrogens is 1. The van der Waals surface area contributed by atoms with Crippen LogP contribution >= 0.6 is 0 Å². The van der Waals surface area contributed by atoms with Crippen molar-refractivity contribution in [1.29, 1.82) is 0 Å². The highest BCUT2D eigenvalue weighted by Crippen LogP contribution is 2.26. The Balaban J connectivity index is 1.85. The minimum Gasteiger partial charge on any atom is -0.481 e. The van der Waals surface area contributed by atoms with E-state index in [0.717, 1.165) is 38.3 Å². The minimum atomic E-state index is -0.114. The summed E-state index contributed by atoms with van der Waals surface area (Å²) in [5.41, 5.74) is 2.89. The number of aromatic amines is 1. The molecule has 26 heavy (non-hydrogen) atoms. The van der Waals surface area contributed by atoms with E-state index in [9.17, 15) is 4.79 Å². The van der Waals surface area contributed by atoms with Crippen molar-refractivity contribution in [2.75, 3.05) is 38.2 Å². The maximum atomic E-state index is 13.1. The second-order valence-electron chi connectivity index (χ2n) is 6.16. The summed E-state index contributed by atoms with van der Waals surface area (Å²) in [6, 6.07) is 3.50. The monoisotopic (exact) mass is 355 g/mol. The quantitative estimate of drug-likeness (QED) is 0.733. The van der Waals surface area contributed by atoms with E-state index < -0.39 is 0 Å². The number of piperazine rings is 1. The molecule has 0 atom stereocenters. The highest BCUT2D eigenvalue weighted by Gasteiger charge is 2.22. The molecule has 1 saturated heterocycles. The van der Waals surface area contributed by atoms with E-state index in [0.29, 0.717) is 28.7 Å². The number of aryl methyl sites for hydroxylation is 1. The molecule has 3 aromatic rings. The lowest BCUT2D eigenvalue weighted by molar-refractivity contribution is 0.398. The number of methoxy groups -OCH3 is 1. The van der Waals surface area contributed by atoms with Gasteiger partial charge in [-0.05, 0) is 12.5 Å². The fourth-order valence-electron chi connectivity index (χ4n) is 3.26. The molecule has 3 aromatic heterocycles. The van der Waals surface area contributed by atoms with E-state index in [2.05, 4.69) is 25.2 Å². The number of nitrogens with zero attached hydrogens (tertiary/aromatic N) is 3. The van der Waals surface area contributed by atoms with E-state index in [1.807, 2.05) is 6.92 Å². The lowest BCUT2D eigenvalue weighted by Crippen LogP contribution is -2.45. The Morgan fingerprint density at radius 3 is 2.88 bits per heavy atom. The number of pyridine rings is 2. The first kappa shape index (κ1) is 16.6. The van der Waals surface area contributed by atoms with E-state index in [4.69, 9.17) is 9.15 Å². The summed E-state index contributed by atoms with van der Waals surface area (Å²) in [4.78, 5) is 27.1. The van der Waals surface area contributed by atoms with Crippen LogP contribution in [0.25, 0.3) is 22.7 Å². The van der Waals surface area contributed by atoms with Gasteiger partial charge in [-0.2, -0.15) is 4.98 Å². The summed E-state index contributed by atoms with van der Waals surface area (Å²) in [6.07, 6.45) is 2.34. The van der Waals surface area contributed by atoms with E-state index >= 15 is 0 Å². The number of fused-ring (bicyclic) bond motifs is 1. The highest BCUT2D eigenvalue weighted by atomic mass is 16.5. The summed E-state index contributed by atoms with van der Waals surface area (Å²) in [5, 5.41) is 3.31. The lowest BCUT2D eigenvalue weighted by Gasteiger charge is -2.30. The van der Waals surface area contributed by atoms with Gasteiger partial charge in [0.1, 0.15) is 5.69 Å². The van der Waals surface area contributed by atoms with Crippen LogP contribution in [-0.4, -0.2) is 48.2 Å². The molecule has 8 nitrogen and oxygen atoms in total. The SMILES string of the molecule is CCc1[nH]c2nc(-c3ccnc(OC)c3)oc2c(=O)c1N1CCNCC1. The molecule has 0 bridgehead atoms. The first-order valence-electron chi connectivity index (χ1n) is 8.73. The maximum absolute atomic E-state index is 13.1. The van der Waals surface area contributed by atoms with Gasteiger partial charge in [-0.3, -0.25) is 4.79 Å². The van der Waals surface area contributed by atoms with Crippen LogP contribution in [-0.2, 0) is 6.42 Å². The molecule has 0 amide bonds. The molecule has 0 aromatic carbocycles. The smallest absolute Gasteiger partial charge is 0.249 e. The molecular formula is C18H21N5O3. The summed E-state index contributed by atoms with van der Waals surface area (Å²) in [6.45, 7) is 5.34. The Hall–Kier alpha value is -2.87. The van der Waals surface area contributed by atoms with Crippen LogP contribution in [0.4, 0.5) is 5.69 Å². The van der Waals surface area contributed by atoms with E-state index in [1.165, 1.54) is 0 Å². The summed E-state index contributed by atoms with van der Waals surface area (Å²) in [5.74, 6) is 0.834. The van der Waals surface area contributed by atoms with Gasteiger partial charge < -0.3 is 24.4 Å². The molecular weight excluding hydrogens is 334 g/mol. The van der Waals surface area contributed by atoms with Gasteiger partial charge in [-0.15, -0.1) is 0 Å². The van der Waals surface area contributed by atoms with Crippen molar-refractivity contribution in [3.8, 4) is 17.3 Å². The average Bonchev–Trinajstić information content (AvgIpc) is 3.13. The van der Waals surface area contributed by atoms with Crippen molar-refractivity contribution in [2.24, 2.45) is 0 Å². The molecule has 2 N–H and O–H groups in total. The molecule has 1 aliphatic rings. The molecule has 0 aliphatic carbocycles. The van der Waals surface area contributed by atoms with Crippen LogP contribution in [0.3, 0.4) is 0 Å². The number of oxazole rings is 1. The number of ether oxygens (including phenoxy) is 1. The number of nitrogens with one attached hydrogen (secondary N) is 2. The summed E-state index contributed by atoms with van der Waals surface area (Å²) < 4.78 is 11.0. The fourth-order valence-corrected chi connectivity index (χ4v) is 3.26. The third-order valence-electron chi connectivity index (χ3n) is 4.58. The lowest BCUT2D eigenvalue weighted by atomic mass is 10.2. The number of hydrogen-bond acceptors (Lipinski definition) is 7. The van der Waals surface area contributed by atoms with Crippen molar-refractivity contribution in [1.82, 2.24) is 20.3 Å². The van der Waals surface area contributed by atoms with Gasteiger partial charge in [0.25, 0.3) is 0 Å². The number of hydrogen-bond donors (Lipinski definition) is 2. The van der Waals surface area contributed by atoms with E-state index in [-0.39, 0.29) is 11.0 Å². The molecule has 1 aliphatic heterocycles. The standard InChI is InChI=1S/C18H21N5O3/c1-3-12-14(23-8-6-19-7-9-23)15(24)16-17(21-12)22-18(26-16)11-4-5-20-13(10-11)25-2/h4-5,10,19H,3,6-9H2,1-2H3,(H,21,24). The van der Waals surface area contributed by atoms with Crippen LogP contribution < -0.4 is 20.4 Å². The summed E-state index contributed by atoms with van der Waals surface area (Å²) in [7, 11) is 1.55. The van der Waals surface area contributed by atoms with Crippen molar-refractivity contribution in [2.45, 2.75) is 13.3 Å². The Kier molecular flexibility index (Phi) is 4.34. The number of aromatic nitrogens is 3. The predicted molar refractivity (Wildman–Crippen MR) is 98.9 cm³/mol. The molecule has 4 heterocycles. The predicted octanol–water partition coefficient (Wildman–Crippen LogP) is 1.56. The Labute approximate surface area is 150 Å². The molecule has 136 valence electrons. The van der Waals surface area contributed by atoms with Gasteiger partial charge in [0.15, 0.2) is 5.65 Å². The topological polar surface area (TPSA) is 96.3 Å². The van der Waals surface area contributed by atoms with Gasteiger partial charge in [-0.1, -0.05) is 6.92 Å². The molecule has 0 spiro atoms. The number of rotatable bonds is 4. The molecule has 8 heteroatoms. The van der Waals surface area contributed by atoms with Crippen LogP contribution in [0.2, 0.25) is 0 Å². The van der Waals surface area contributed by atoms with Gasteiger partial charge in [0.05, 0.1) is 7.11 Å². The van der Waals surface area contributed by atoms with Gasteiger partial charge in [0.2, 0.25) is 22.8 Å². The zero-order valence-corrected chi connectivity index (χ0v) is 14.8. The first-order valence-corrected chi connectivity index (χ1v) is 8.73. The second-order valence-corrected chi connectivity index (χ2v) is 6.16. The maximum Gasteiger partial charge on any atom is 0.249 e. The zero-order chi connectivity index (χ0) is 18.1. The fraction of sp³-hybridized carbons (Fsp3) is 0.389. The van der Waals surface area contributed by atoms with Crippen molar-refractivity contribution in [3.63, 3.8) is 0 Å². The van der Waals surface area contributed by atoms with Crippen LogP contribution in [0, 0.1) is 0 Å². The molecule has 4 rings (SSSR count). The van der Waals surface area contributed by atoms with Crippen molar-refractivity contribution >= 4 is 16.9 Å². The largest absolute Gasteiger partial charge is 0.481 e. The zero-order valence-electron chi connectivity index (χ0n) is 14.8. The van der Waals surface area contributed by atoms with Gasteiger partial charge in [0, 0.05) is 49.7 Å².